The zero-order valence-corrected chi connectivity index (χ0v) is 14.3. The Bertz CT molecular complexity index is 749. The number of ether oxygens (including phenoxy) is 3. The number of alkyl halides is 7. The Labute approximate surface area is 157 Å². The van der Waals surface area contributed by atoms with Gasteiger partial charge in [0.2, 0.25) is 0 Å². The molecule has 13 heteroatoms. The predicted octanol–water partition coefficient (Wildman–Crippen LogP) is 2.27. The molecule has 6 atom stereocenters. The van der Waals surface area contributed by atoms with Crippen LogP contribution in [0.5, 0.6) is 0 Å². The molecule has 2 aliphatic carbocycles. The third-order valence-corrected chi connectivity index (χ3v) is 5.38. The molecule has 0 aromatic heterocycles. The molecule has 0 spiro atoms. The Morgan fingerprint density at radius 3 is 2.34 bits per heavy atom. The Kier molecular flexibility index (Phi) is 5.06. The van der Waals surface area contributed by atoms with Gasteiger partial charge in [-0.3, -0.25) is 9.59 Å². The van der Waals surface area contributed by atoms with Gasteiger partial charge in [0.1, 0.15) is 17.8 Å². The Balaban J connectivity index is 1.75. The number of halogens is 7. The normalized spacial score (nSPS) is 33.0. The quantitative estimate of drug-likeness (QED) is 0.276. The van der Waals surface area contributed by atoms with Gasteiger partial charge in [0, 0.05) is 11.8 Å². The molecule has 1 aliphatic heterocycles. The van der Waals surface area contributed by atoms with Gasteiger partial charge in [0.15, 0.2) is 6.61 Å². The van der Waals surface area contributed by atoms with E-state index in [0.29, 0.717) is 0 Å². The maximum absolute atomic E-state index is 13.0. The van der Waals surface area contributed by atoms with Gasteiger partial charge >= 0.3 is 36.4 Å². The van der Waals surface area contributed by atoms with Gasteiger partial charge in [-0.25, -0.2) is 13.6 Å². The molecule has 1 saturated heterocycles. The molecule has 29 heavy (non-hydrogen) atoms. The van der Waals surface area contributed by atoms with E-state index in [-0.39, 0.29) is 6.42 Å². The molecule has 6 nitrogen and oxygen atoms in total. The summed E-state index contributed by atoms with van der Waals surface area (Å²) in [6.07, 6.45) is -11.7. The van der Waals surface area contributed by atoms with Crippen molar-refractivity contribution < 1.29 is 59.3 Å². The summed E-state index contributed by atoms with van der Waals surface area (Å²) in [5, 5.41) is 0. The van der Waals surface area contributed by atoms with Crippen LogP contribution in [0.25, 0.3) is 0 Å². The van der Waals surface area contributed by atoms with Crippen molar-refractivity contribution in [2.24, 2.45) is 23.7 Å². The van der Waals surface area contributed by atoms with E-state index in [2.05, 4.69) is 11.3 Å². The number of rotatable bonds is 6. The molecule has 0 radical (unpaired) electrons. The fourth-order valence-electron chi connectivity index (χ4n) is 4.11. The molecule has 0 amide bonds. The molecule has 0 aromatic carbocycles. The lowest BCUT2D eigenvalue weighted by Crippen LogP contribution is -2.45. The third-order valence-electron chi connectivity index (χ3n) is 5.38. The molecule has 3 rings (SSSR count). The van der Waals surface area contributed by atoms with Crippen molar-refractivity contribution in [3.63, 3.8) is 0 Å². The van der Waals surface area contributed by atoms with E-state index in [1.807, 2.05) is 0 Å². The molecule has 3 aliphatic rings. The Morgan fingerprint density at radius 1 is 1.17 bits per heavy atom. The number of hydrogen-bond donors (Lipinski definition) is 0. The van der Waals surface area contributed by atoms with Crippen molar-refractivity contribution in [2.75, 3.05) is 6.61 Å². The monoisotopic (exact) mass is 434 g/mol. The van der Waals surface area contributed by atoms with Gasteiger partial charge in [0.25, 0.3) is 0 Å². The lowest BCUT2D eigenvalue weighted by Gasteiger charge is -2.30. The second-order valence-electron chi connectivity index (χ2n) is 7.03. The third kappa shape index (κ3) is 3.54. The summed E-state index contributed by atoms with van der Waals surface area (Å²) in [6.45, 7) is 0.634. The van der Waals surface area contributed by atoms with Crippen LogP contribution in [0.1, 0.15) is 6.42 Å². The van der Waals surface area contributed by atoms with Gasteiger partial charge in [-0.15, -0.1) is 0 Å². The van der Waals surface area contributed by atoms with E-state index in [1.165, 1.54) is 0 Å². The van der Waals surface area contributed by atoms with E-state index in [9.17, 15) is 45.1 Å². The van der Waals surface area contributed by atoms with Gasteiger partial charge in [-0.2, -0.15) is 22.0 Å². The van der Waals surface area contributed by atoms with Crippen molar-refractivity contribution in [2.45, 2.75) is 37.2 Å². The van der Waals surface area contributed by atoms with Crippen LogP contribution < -0.4 is 0 Å². The summed E-state index contributed by atoms with van der Waals surface area (Å²) in [6, 6.07) is 0. The second-order valence-corrected chi connectivity index (χ2v) is 7.03. The summed E-state index contributed by atoms with van der Waals surface area (Å²) in [4.78, 5) is 35.9. The molecule has 6 unspecified atom stereocenters. The topological polar surface area (TPSA) is 78.9 Å². The first-order valence-electron chi connectivity index (χ1n) is 8.26. The van der Waals surface area contributed by atoms with Crippen molar-refractivity contribution in [3.05, 3.63) is 12.2 Å². The number of carbonyl (C=O) groups excluding carboxylic acids is 3. The fraction of sp³-hybridized carbons (Fsp3) is 0.688. The summed E-state index contributed by atoms with van der Waals surface area (Å²) in [5.74, 6) is -13.2. The van der Waals surface area contributed by atoms with Gasteiger partial charge in [0.05, 0.1) is 11.8 Å². The number of carbonyl (C=O) groups is 3. The molecule has 162 valence electrons. The molecule has 3 fully saturated rings. The van der Waals surface area contributed by atoms with E-state index in [1.54, 1.807) is 0 Å². The summed E-state index contributed by atoms with van der Waals surface area (Å²) in [5.41, 5.74) is -1.82. The van der Waals surface area contributed by atoms with E-state index >= 15 is 0 Å². The molecule has 2 saturated carbocycles. The highest BCUT2D eigenvalue weighted by Gasteiger charge is 2.70. The average Bonchev–Trinajstić information content (AvgIpc) is 3.21. The molecule has 1 heterocycles. The number of hydrogen-bond acceptors (Lipinski definition) is 6. The number of esters is 3. The maximum atomic E-state index is 13.0. The lowest BCUT2D eigenvalue weighted by atomic mass is 9.78. The van der Waals surface area contributed by atoms with Crippen molar-refractivity contribution in [1.29, 1.82) is 0 Å². The fourth-order valence-corrected chi connectivity index (χ4v) is 4.11. The summed E-state index contributed by atoms with van der Waals surface area (Å²) >= 11 is 0. The van der Waals surface area contributed by atoms with Crippen molar-refractivity contribution in [1.82, 2.24) is 0 Å². The maximum Gasteiger partial charge on any atom is 0.422 e. The largest absolute Gasteiger partial charge is 0.459 e. The lowest BCUT2D eigenvalue weighted by molar-refractivity contribution is -0.187. The van der Waals surface area contributed by atoms with Crippen LogP contribution in [-0.2, 0) is 28.6 Å². The first-order valence-corrected chi connectivity index (χ1v) is 8.26. The second kappa shape index (κ2) is 6.87. The zero-order valence-electron chi connectivity index (χ0n) is 14.3. The van der Waals surface area contributed by atoms with Gasteiger partial charge in [-0.05, 0) is 6.42 Å². The van der Waals surface area contributed by atoms with Crippen LogP contribution in [0.4, 0.5) is 30.7 Å². The molecular weight excluding hydrogens is 421 g/mol. The summed E-state index contributed by atoms with van der Waals surface area (Å²) < 4.78 is 102. The highest BCUT2D eigenvalue weighted by atomic mass is 19.4. The van der Waals surface area contributed by atoms with Crippen LogP contribution in [0.2, 0.25) is 0 Å². The minimum atomic E-state index is -5.08. The molecule has 2 bridgehead atoms. The van der Waals surface area contributed by atoms with Crippen LogP contribution in [-0.4, -0.2) is 55.2 Å². The highest BCUT2D eigenvalue weighted by molar-refractivity contribution is 5.90. The van der Waals surface area contributed by atoms with Crippen LogP contribution in [0.3, 0.4) is 0 Å². The van der Waals surface area contributed by atoms with Crippen LogP contribution in [0.15, 0.2) is 12.2 Å². The van der Waals surface area contributed by atoms with Crippen LogP contribution >= 0.6 is 0 Å². The van der Waals surface area contributed by atoms with Crippen LogP contribution in [0, 0.1) is 23.7 Å². The minimum absolute atomic E-state index is 0.0164. The molecular formula is C16H13F7O6. The standard InChI is InChI=1S/C16H13F7O6/c1-4(16(21,22)23)11(24)28-9-5-2-6-8(13(26)29-10(6)9)7(5)12(25)27-3-15(19,20)14(17)18/h5-10,14H,1-3H2. The number of fused-ring (bicyclic) bond motifs is 1. The van der Waals surface area contributed by atoms with E-state index in [4.69, 9.17) is 9.47 Å². The highest BCUT2D eigenvalue weighted by Crippen LogP contribution is 2.59. The predicted molar refractivity (Wildman–Crippen MR) is 75.4 cm³/mol. The Morgan fingerprint density at radius 2 is 1.79 bits per heavy atom. The zero-order chi connectivity index (χ0) is 21.9. The minimum Gasteiger partial charge on any atom is -0.459 e. The van der Waals surface area contributed by atoms with Crippen molar-refractivity contribution >= 4 is 17.9 Å². The van der Waals surface area contributed by atoms with E-state index in [0.717, 1.165) is 0 Å². The molecule has 0 N–H and O–H groups in total. The van der Waals surface area contributed by atoms with Gasteiger partial charge < -0.3 is 14.2 Å². The first-order chi connectivity index (χ1) is 13.3. The van der Waals surface area contributed by atoms with E-state index < -0.39 is 84.5 Å². The summed E-state index contributed by atoms with van der Waals surface area (Å²) in [7, 11) is 0. The Hall–Kier alpha value is -2.34. The van der Waals surface area contributed by atoms with Gasteiger partial charge in [-0.1, -0.05) is 6.58 Å². The average molecular weight is 434 g/mol. The first kappa shape index (κ1) is 21.4. The smallest absolute Gasteiger partial charge is 0.422 e. The molecule has 0 aromatic rings. The SMILES string of the molecule is C=C(C(=O)OC1C2CC3C1OC(=O)C3C2C(=O)OCC(F)(F)C(F)F)C(F)(F)F. The van der Waals surface area contributed by atoms with Crippen molar-refractivity contribution in [3.8, 4) is 0 Å².